The van der Waals surface area contributed by atoms with Crippen molar-refractivity contribution < 1.29 is 28.8 Å². The van der Waals surface area contributed by atoms with Gasteiger partial charge in [0.15, 0.2) is 18.1 Å². The van der Waals surface area contributed by atoms with Gasteiger partial charge >= 0.3 is 34.2 Å². The summed E-state index contributed by atoms with van der Waals surface area (Å²) >= 11 is 0. The molecular weight excluding hydrogens is 505 g/mol. The lowest BCUT2D eigenvalue weighted by Gasteiger charge is -2.41. The van der Waals surface area contributed by atoms with Crippen molar-refractivity contribution in [3.05, 3.63) is 0 Å². The van der Waals surface area contributed by atoms with Gasteiger partial charge in [-0.25, -0.2) is 0 Å². The molecule has 0 spiro atoms. The molecule has 7 nitrogen and oxygen atoms in total. The van der Waals surface area contributed by atoms with E-state index in [1.165, 1.54) is 0 Å². The maximum Gasteiger partial charge on any atom is 0.314 e. The van der Waals surface area contributed by atoms with Crippen molar-refractivity contribution in [2.45, 2.75) is 91.7 Å². The molecule has 0 N–H and O–H groups in total. The van der Waals surface area contributed by atoms with Crippen molar-refractivity contribution in [3.8, 4) is 0 Å². The number of rotatable bonds is 14. The summed E-state index contributed by atoms with van der Waals surface area (Å²) in [5.74, 6) is 0. The van der Waals surface area contributed by atoms with E-state index in [9.17, 15) is 0 Å². The Hall–Kier alpha value is 1.46. The lowest BCUT2D eigenvalue weighted by atomic mass is 11.9. The summed E-state index contributed by atoms with van der Waals surface area (Å²) in [5, 5.41) is 0. The van der Waals surface area contributed by atoms with E-state index in [4.69, 9.17) is 28.8 Å². The zero-order chi connectivity index (χ0) is 23.3. The van der Waals surface area contributed by atoms with E-state index in [1.807, 2.05) is 0 Å². The molecular formula is C14H46O7Si8. The van der Waals surface area contributed by atoms with E-state index >= 15 is 0 Å². The molecule has 0 aliphatic heterocycles. The predicted molar refractivity (Wildman–Crippen MR) is 141 cm³/mol. The molecule has 0 saturated carbocycles. The standard InChI is InChI=1S/C14H46O7Si8/c1-22(2)15-24(5)16-25(6)18-27(9,10)20-29(13,14)21-28(11,12)19-26(7,8)17-23(3)4/h22-25H,1-14H3. The van der Waals surface area contributed by atoms with Crippen LogP contribution in [0, 0.1) is 0 Å². The molecule has 0 aliphatic carbocycles. The van der Waals surface area contributed by atoms with Crippen molar-refractivity contribution in [3.63, 3.8) is 0 Å². The summed E-state index contributed by atoms with van der Waals surface area (Å²) in [6.45, 7) is 29.5. The second-order valence-electron chi connectivity index (χ2n) is 9.65. The van der Waals surface area contributed by atoms with Crippen LogP contribution in [0.15, 0.2) is 0 Å². The summed E-state index contributed by atoms with van der Waals surface area (Å²) in [6, 6.07) is 0. The minimum Gasteiger partial charge on any atom is -0.442 e. The van der Waals surface area contributed by atoms with Crippen LogP contribution in [0.2, 0.25) is 91.7 Å². The molecule has 0 aromatic carbocycles. The SMILES string of the molecule is C[SiH](C)O[SiH](C)O[SiH](C)O[Si](C)(C)O[Si](C)(C)O[Si](C)(C)O[Si](C)(C)O[SiH](C)C. The molecule has 15 heteroatoms. The molecule has 0 aliphatic rings. The molecule has 176 valence electrons. The first-order valence-corrected chi connectivity index (χ1v) is 31.5. The molecule has 2 unspecified atom stereocenters. The third kappa shape index (κ3) is 15.8. The first kappa shape index (κ1) is 30.5. The van der Waals surface area contributed by atoms with Gasteiger partial charge in [0, 0.05) is 0 Å². The Morgan fingerprint density at radius 1 is 0.414 bits per heavy atom. The quantitative estimate of drug-likeness (QED) is 0.306. The van der Waals surface area contributed by atoms with Gasteiger partial charge in [0.25, 0.3) is 18.6 Å². The van der Waals surface area contributed by atoms with Crippen LogP contribution >= 0.6 is 0 Å². The van der Waals surface area contributed by atoms with Crippen LogP contribution in [-0.2, 0) is 28.8 Å². The molecule has 29 heavy (non-hydrogen) atoms. The Bertz CT molecular complexity index is 491. The third-order valence-electron chi connectivity index (χ3n) is 3.29. The number of hydrogen-bond acceptors (Lipinski definition) is 7. The normalized spacial score (nSPS) is 16.6. The highest BCUT2D eigenvalue weighted by Crippen LogP contribution is 2.25. The van der Waals surface area contributed by atoms with E-state index < -0.39 is 70.9 Å². The van der Waals surface area contributed by atoms with E-state index in [-0.39, 0.29) is 0 Å². The van der Waals surface area contributed by atoms with E-state index in [0.717, 1.165) is 0 Å². The molecule has 0 saturated heterocycles. The molecule has 0 amide bonds. The van der Waals surface area contributed by atoms with Crippen molar-refractivity contribution in [2.24, 2.45) is 0 Å². The maximum absolute atomic E-state index is 6.52. The molecule has 0 bridgehead atoms. The second kappa shape index (κ2) is 12.1. The monoisotopic (exact) mass is 550 g/mol. The van der Waals surface area contributed by atoms with Crippen LogP contribution in [0.25, 0.3) is 0 Å². The molecule has 0 radical (unpaired) electrons. The highest BCUT2D eigenvalue weighted by Gasteiger charge is 2.45. The summed E-state index contributed by atoms with van der Waals surface area (Å²) in [4.78, 5) is 0. The van der Waals surface area contributed by atoms with Gasteiger partial charge in [0.2, 0.25) is 0 Å². The van der Waals surface area contributed by atoms with Gasteiger partial charge in [-0.05, 0) is 91.7 Å². The summed E-state index contributed by atoms with van der Waals surface area (Å²) in [5.41, 5.74) is 0. The lowest BCUT2D eigenvalue weighted by molar-refractivity contribution is 0.276. The van der Waals surface area contributed by atoms with Crippen molar-refractivity contribution >= 4 is 70.9 Å². The number of hydrogen-bond donors (Lipinski definition) is 0. The minimum atomic E-state index is -2.44. The highest BCUT2D eigenvalue weighted by atomic mass is 28.5. The van der Waals surface area contributed by atoms with Gasteiger partial charge in [-0.15, -0.1) is 0 Å². The summed E-state index contributed by atoms with van der Waals surface area (Å²) in [6.07, 6.45) is 0. The Morgan fingerprint density at radius 3 is 1.17 bits per heavy atom. The van der Waals surface area contributed by atoms with Crippen LogP contribution in [0.3, 0.4) is 0 Å². The molecule has 0 rings (SSSR count). The van der Waals surface area contributed by atoms with E-state index in [2.05, 4.69) is 91.7 Å². The fourth-order valence-corrected chi connectivity index (χ4v) is 34.6. The first-order chi connectivity index (χ1) is 12.7. The summed E-state index contributed by atoms with van der Waals surface area (Å²) in [7, 11) is -15.0. The van der Waals surface area contributed by atoms with Gasteiger partial charge < -0.3 is 28.8 Å². The zero-order valence-electron chi connectivity index (χ0n) is 21.2. The molecule has 2 atom stereocenters. The fraction of sp³-hybridized carbons (Fsp3) is 1.00. The van der Waals surface area contributed by atoms with Crippen molar-refractivity contribution in [1.29, 1.82) is 0 Å². The average Bonchev–Trinajstić information content (AvgIpc) is 2.27. The van der Waals surface area contributed by atoms with Crippen LogP contribution in [0.5, 0.6) is 0 Å². The maximum atomic E-state index is 6.52. The van der Waals surface area contributed by atoms with Crippen molar-refractivity contribution in [2.75, 3.05) is 0 Å². The Balaban J connectivity index is 4.87. The third-order valence-corrected chi connectivity index (χ3v) is 29.6. The summed E-state index contributed by atoms with van der Waals surface area (Å²) < 4.78 is 43.9. The van der Waals surface area contributed by atoms with Gasteiger partial charge in [-0.1, -0.05) is 0 Å². The average molecular weight is 551 g/mol. The lowest BCUT2D eigenvalue weighted by Crippen LogP contribution is -2.58. The van der Waals surface area contributed by atoms with Gasteiger partial charge in [0.1, 0.15) is 0 Å². The Labute approximate surface area is 190 Å². The molecule has 0 heterocycles. The van der Waals surface area contributed by atoms with E-state index in [1.54, 1.807) is 0 Å². The van der Waals surface area contributed by atoms with Crippen LogP contribution in [-0.4, -0.2) is 70.9 Å². The minimum absolute atomic E-state index is 1.07. The van der Waals surface area contributed by atoms with E-state index in [0.29, 0.717) is 0 Å². The van der Waals surface area contributed by atoms with Gasteiger partial charge in [-0.3, -0.25) is 0 Å². The topological polar surface area (TPSA) is 64.6 Å². The van der Waals surface area contributed by atoms with Gasteiger partial charge in [0.05, 0.1) is 0 Å². The van der Waals surface area contributed by atoms with Crippen molar-refractivity contribution in [1.82, 2.24) is 0 Å². The molecule has 0 fully saturated rings. The largest absolute Gasteiger partial charge is 0.442 e. The smallest absolute Gasteiger partial charge is 0.314 e. The van der Waals surface area contributed by atoms with Gasteiger partial charge in [-0.2, -0.15) is 0 Å². The van der Waals surface area contributed by atoms with Crippen LogP contribution < -0.4 is 0 Å². The second-order valence-corrected chi connectivity index (χ2v) is 33.8. The van der Waals surface area contributed by atoms with Crippen LogP contribution in [0.4, 0.5) is 0 Å². The highest BCUT2D eigenvalue weighted by molar-refractivity contribution is 6.89. The Kier molecular flexibility index (Phi) is 12.7. The fourth-order valence-electron chi connectivity index (χ4n) is 3.55. The predicted octanol–water partition coefficient (Wildman–Crippen LogP) is 3.58. The Morgan fingerprint density at radius 2 is 0.793 bits per heavy atom. The molecule has 0 aromatic heterocycles. The zero-order valence-corrected chi connectivity index (χ0v) is 29.8. The molecule has 0 aromatic rings. The first-order valence-electron chi connectivity index (χ1n) is 10.5. The van der Waals surface area contributed by atoms with Crippen LogP contribution in [0.1, 0.15) is 0 Å².